The summed E-state index contributed by atoms with van der Waals surface area (Å²) in [4.78, 5) is 7.17. The van der Waals surface area contributed by atoms with Gasteiger partial charge in [0.1, 0.15) is 27.7 Å². The van der Waals surface area contributed by atoms with E-state index in [1.807, 2.05) is 37.3 Å². The van der Waals surface area contributed by atoms with Gasteiger partial charge in [0.15, 0.2) is 0 Å². The van der Waals surface area contributed by atoms with Gasteiger partial charge in [-0.25, -0.2) is 4.98 Å². The van der Waals surface area contributed by atoms with Crippen LogP contribution in [0, 0.1) is 6.92 Å². The molecule has 0 amide bonds. The Hall–Kier alpha value is -3.59. The number of imidazole rings is 1. The monoisotopic (exact) mass is 482 g/mol. The molecule has 0 bridgehead atoms. The van der Waals surface area contributed by atoms with Gasteiger partial charge in [0, 0.05) is 5.39 Å². The second-order valence-electron chi connectivity index (χ2n) is 7.63. The Morgan fingerprint density at radius 3 is 2.24 bits per heavy atom. The molecule has 0 spiro atoms. The first-order valence-electron chi connectivity index (χ1n) is 9.75. The third-order valence-electron chi connectivity index (χ3n) is 5.47. The van der Waals surface area contributed by atoms with Gasteiger partial charge in [-0.3, -0.25) is 4.55 Å². The number of aromatic amines is 1. The zero-order chi connectivity index (χ0) is 22.6. The van der Waals surface area contributed by atoms with Crippen molar-refractivity contribution < 1.29 is 23.2 Å². The van der Waals surface area contributed by atoms with Crippen LogP contribution >= 0.6 is 12.4 Å². The van der Waals surface area contributed by atoms with Crippen molar-refractivity contribution in [1.29, 1.82) is 0 Å². The molecule has 0 atom stereocenters. The van der Waals surface area contributed by atoms with Crippen LogP contribution in [0.15, 0.2) is 71.6 Å². The van der Waals surface area contributed by atoms with Crippen molar-refractivity contribution in [2.75, 3.05) is 0 Å². The minimum atomic E-state index is -4.55. The molecule has 0 saturated heterocycles. The van der Waals surface area contributed by atoms with Gasteiger partial charge in [-0.2, -0.15) is 8.42 Å². The van der Waals surface area contributed by atoms with Crippen LogP contribution in [0.3, 0.4) is 0 Å². The van der Waals surface area contributed by atoms with Crippen molar-refractivity contribution in [3.63, 3.8) is 0 Å². The molecule has 0 unspecified atom stereocenters. The van der Waals surface area contributed by atoms with Gasteiger partial charge in [-0.15, -0.1) is 12.4 Å². The largest absolute Gasteiger partial charge is 0.507 e. The molecule has 5 aromatic rings. The number of nitrogens with one attached hydrogen (secondary N) is 1. The molecule has 0 saturated carbocycles. The fraction of sp³-hybridized carbons (Fsp3) is 0.0417. The van der Waals surface area contributed by atoms with E-state index in [1.54, 1.807) is 12.1 Å². The first-order chi connectivity index (χ1) is 15.2. The Kier molecular flexibility index (Phi) is 5.53. The molecular weight excluding hydrogens is 464 g/mol. The molecule has 1 aromatic heterocycles. The SMILES string of the molecule is Cc1ccc(-c2ccc(-c3nc4c(cc(S(=O)(=O)O)c5cccc(O)c54)[nH]3)c(O)c2)cc1.Cl. The average molecular weight is 483 g/mol. The summed E-state index contributed by atoms with van der Waals surface area (Å²) in [5, 5.41) is 21.4. The second-order valence-corrected chi connectivity index (χ2v) is 9.02. The van der Waals surface area contributed by atoms with E-state index in [9.17, 15) is 23.2 Å². The van der Waals surface area contributed by atoms with E-state index < -0.39 is 10.1 Å². The quantitative estimate of drug-likeness (QED) is 0.254. The lowest BCUT2D eigenvalue weighted by Crippen LogP contribution is -1.99. The highest BCUT2D eigenvalue weighted by Crippen LogP contribution is 2.38. The van der Waals surface area contributed by atoms with Crippen LogP contribution in [0.25, 0.3) is 44.3 Å². The smallest absolute Gasteiger partial charge is 0.295 e. The standard InChI is InChI=1S/C24H18N2O5S.ClH/c1-13-5-7-14(8-6-13)15-9-10-16(20(28)11-15)24-25-18-12-21(32(29,30)31)17-3-2-4-19(27)22(17)23(18)26-24;/h2-12,27-28H,1H3,(H,25,26)(H,29,30,31);1H. The van der Waals surface area contributed by atoms with Crippen molar-refractivity contribution in [2.24, 2.45) is 0 Å². The Labute approximate surface area is 195 Å². The summed E-state index contributed by atoms with van der Waals surface area (Å²) in [6.45, 7) is 2.00. The predicted molar refractivity (Wildman–Crippen MR) is 130 cm³/mol. The topological polar surface area (TPSA) is 124 Å². The highest BCUT2D eigenvalue weighted by molar-refractivity contribution is 7.86. The molecule has 0 aliphatic heterocycles. The van der Waals surface area contributed by atoms with Crippen molar-refractivity contribution in [3.8, 4) is 34.0 Å². The van der Waals surface area contributed by atoms with Crippen LogP contribution in [0.4, 0.5) is 0 Å². The molecule has 0 radical (unpaired) electrons. The van der Waals surface area contributed by atoms with E-state index in [0.717, 1.165) is 16.7 Å². The number of rotatable bonds is 3. The molecule has 0 aliphatic carbocycles. The van der Waals surface area contributed by atoms with E-state index >= 15 is 0 Å². The number of aromatic hydroxyl groups is 2. The van der Waals surface area contributed by atoms with E-state index in [1.165, 1.54) is 24.3 Å². The zero-order valence-corrected chi connectivity index (χ0v) is 18.9. The molecule has 0 aliphatic rings. The first-order valence-corrected chi connectivity index (χ1v) is 11.2. The van der Waals surface area contributed by atoms with Crippen LogP contribution in [0.1, 0.15) is 5.56 Å². The maximum atomic E-state index is 11.9. The van der Waals surface area contributed by atoms with Gasteiger partial charge < -0.3 is 15.2 Å². The summed E-state index contributed by atoms with van der Waals surface area (Å²) in [5.41, 5.74) is 3.95. The average Bonchev–Trinajstić information content (AvgIpc) is 3.16. The molecule has 4 N–H and O–H groups in total. The van der Waals surface area contributed by atoms with Crippen molar-refractivity contribution in [2.45, 2.75) is 11.8 Å². The van der Waals surface area contributed by atoms with Gasteiger partial charge in [0.05, 0.1) is 16.5 Å². The number of benzene rings is 4. The minimum Gasteiger partial charge on any atom is -0.507 e. The molecule has 5 rings (SSSR count). The first kappa shape index (κ1) is 22.6. The van der Waals surface area contributed by atoms with E-state index in [4.69, 9.17) is 0 Å². The number of nitrogens with zero attached hydrogens (tertiary/aromatic N) is 1. The number of halogens is 1. The summed E-state index contributed by atoms with van der Waals surface area (Å²) < 4.78 is 33.5. The number of hydrogen-bond donors (Lipinski definition) is 4. The number of hydrogen-bond acceptors (Lipinski definition) is 5. The van der Waals surface area contributed by atoms with E-state index in [0.29, 0.717) is 22.4 Å². The summed E-state index contributed by atoms with van der Waals surface area (Å²) >= 11 is 0. The maximum absolute atomic E-state index is 11.9. The lowest BCUT2D eigenvalue weighted by molar-refractivity contribution is 0.477. The molecule has 168 valence electrons. The molecule has 9 heteroatoms. The Balaban J connectivity index is 0.00000259. The molecule has 33 heavy (non-hydrogen) atoms. The van der Waals surface area contributed by atoms with Gasteiger partial charge >= 0.3 is 0 Å². The number of phenolic OH excluding ortho intramolecular Hbond substituents is 2. The van der Waals surface area contributed by atoms with Crippen LogP contribution in [-0.2, 0) is 10.1 Å². The normalized spacial score (nSPS) is 11.6. The van der Waals surface area contributed by atoms with Gasteiger partial charge in [0.2, 0.25) is 0 Å². The number of fused-ring (bicyclic) bond motifs is 3. The van der Waals surface area contributed by atoms with Crippen molar-refractivity contribution in [3.05, 3.63) is 72.3 Å². The Morgan fingerprint density at radius 1 is 0.879 bits per heavy atom. The number of H-pyrrole nitrogens is 1. The van der Waals surface area contributed by atoms with Crippen molar-refractivity contribution in [1.82, 2.24) is 9.97 Å². The summed E-state index contributed by atoms with van der Waals surface area (Å²) in [6.07, 6.45) is 0. The predicted octanol–water partition coefficient (Wildman–Crippen LogP) is 5.44. The molecule has 4 aromatic carbocycles. The van der Waals surface area contributed by atoms with Crippen LogP contribution < -0.4 is 0 Å². The molecule has 1 heterocycles. The fourth-order valence-electron chi connectivity index (χ4n) is 3.88. The van der Waals surface area contributed by atoms with Crippen molar-refractivity contribution >= 4 is 44.3 Å². The Morgan fingerprint density at radius 2 is 1.58 bits per heavy atom. The van der Waals surface area contributed by atoms with Gasteiger partial charge in [0.25, 0.3) is 10.1 Å². The fourth-order valence-corrected chi connectivity index (χ4v) is 4.60. The summed E-state index contributed by atoms with van der Waals surface area (Å²) in [5.74, 6) is 0.116. The van der Waals surface area contributed by atoms with E-state index in [-0.39, 0.29) is 39.6 Å². The number of aryl methyl sites for hydroxylation is 1. The lowest BCUT2D eigenvalue weighted by Gasteiger charge is -2.06. The lowest BCUT2D eigenvalue weighted by atomic mass is 10.0. The van der Waals surface area contributed by atoms with Crippen LogP contribution in [-0.4, -0.2) is 33.2 Å². The maximum Gasteiger partial charge on any atom is 0.295 e. The van der Waals surface area contributed by atoms with Crippen LogP contribution in [0.5, 0.6) is 11.5 Å². The van der Waals surface area contributed by atoms with Gasteiger partial charge in [-0.05, 0) is 42.3 Å². The summed E-state index contributed by atoms with van der Waals surface area (Å²) in [7, 11) is -4.55. The highest BCUT2D eigenvalue weighted by atomic mass is 35.5. The molecule has 0 fully saturated rings. The third kappa shape index (κ3) is 3.89. The third-order valence-corrected chi connectivity index (χ3v) is 6.36. The zero-order valence-electron chi connectivity index (χ0n) is 17.3. The molecule has 7 nitrogen and oxygen atoms in total. The number of aromatic nitrogens is 2. The number of phenols is 2. The van der Waals surface area contributed by atoms with Crippen LogP contribution in [0.2, 0.25) is 0 Å². The summed E-state index contributed by atoms with van der Waals surface area (Å²) in [6, 6.07) is 18.8. The minimum absolute atomic E-state index is 0. The second kappa shape index (κ2) is 8.08. The Bertz CT molecular complexity index is 1630. The highest BCUT2D eigenvalue weighted by Gasteiger charge is 2.21. The van der Waals surface area contributed by atoms with E-state index in [2.05, 4.69) is 9.97 Å². The van der Waals surface area contributed by atoms with Gasteiger partial charge in [-0.1, -0.05) is 48.0 Å². The molecular formula is C24H19ClN2O5S.